The maximum Gasteiger partial charge on any atom is 0.471 e. The van der Waals surface area contributed by atoms with Crippen LogP contribution in [0.25, 0.3) is 11.2 Å². The van der Waals surface area contributed by atoms with Gasteiger partial charge in [-0.3, -0.25) is 39.2 Å². The van der Waals surface area contributed by atoms with E-state index in [0.717, 1.165) is 18.3 Å². The molecule has 0 saturated carbocycles. The van der Waals surface area contributed by atoms with Crippen LogP contribution in [0.1, 0.15) is 56.1 Å². The van der Waals surface area contributed by atoms with Gasteiger partial charge in [-0.1, -0.05) is 13.8 Å². The van der Waals surface area contributed by atoms with E-state index in [4.69, 9.17) is 19.3 Å². The van der Waals surface area contributed by atoms with E-state index in [9.17, 15) is 37.1 Å². The Morgan fingerprint density at radius 2 is 1.59 bits per heavy atom. The molecule has 0 radical (unpaired) electrons. The van der Waals surface area contributed by atoms with Crippen molar-refractivity contribution in [1.82, 2.24) is 30.6 Å². The van der Waals surface area contributed by atoms with E-state index in [-0.39, 0.29) is 59.6 Å². The predicted molar refractivity (Wildman–Crippen MR) is 188 cm³/mol. The van der Waals surface area contributed by atoms with Gasteiger partial charge in [0.15, 0.2) is 11.2 Å². The van der Waals surface area contributed by atoms with Gasteiger partial charge in [0.25, 0.3) is 11.5 Å². The van der Waals surface area contributed by atoms with Gasteiger partial charge in [-0.25, -0.2) is 9.97 Å². The number of carbonyl (C=O) groups is 4. The molecule has 5 N–H and O–H groups in total. The zero-order valence-electron chi connectivity index (χ0n) is 30.2. The number of rotatable bonds is 22. The number of aromatic amines is 1. The summed E-state index contributed by atoms with van der Waals surface area (Å²) in [6, 6.07) is 4.40. The van der Waals surface area contributed by atoms with E-state index in [0.29, 0.717) is 57.3 Å². The number of alkyl halides is 3. The van der Waals surface area contributed by atoms with Crippen LogP contribution in [0.3, 0.4) is 0 Å². The molecule has 20 heteroatoms. The summed E-state index contributed by atoms with van der Waals surface area (Å²) < 4.78 is 56.8. The number of anilines is 2. The third-order valence-electron chi connectivity index (χ3n) is 7.43. The summed E-state index contributed by atoms with van der Waals surface area (Å²) in [6.45, 7) is 6.86. The summed E-state index contributed by atoms with van der Waals surface area (Å²) in [5.74, 6) is -3.99. The van der Waals surface area contributed by atoms with Crippen molar-refractivity contribution in [2.24, 2.45) is 5.92 Å². The lowest BCUT2D eigenvalue weighted by molar-refractivity contribution is -0.170. The number of aromatic nitrogens is 4. The van der Waals surface area contributed by atoms with Crippen molar-refractivity contribution in [1.29, 1.82) is 0 Å². The minimum absolute atomic E-state index is 0.0388. The number of hydrogen-bond acceptors (Lipinski definition) is 12. The highest BCUT2D eigenvalue weighted by atomic mass is 19.4. The SMILES string of the molecule is CC(C)C(=O)Nc1nc2ncc(CN(C(=O)C(F)(F)F)c3ccc(C(=O)N[C@H](C)CCC(=O)NCCCOCCOCCOCCO)cc3)nc2c(=O)[nH]1. The number of H-pyrrole nitrogens is 1. The van der Waals surface area contributed by atoms with E-state index in [1.54, 1.807) is 20.8 Å². The second-order valence-electron chi connectivity index (χ2n) is 12.2. The van der Waals surface area contributed by atoms with Crippen LogP contribution in [-0.4, -0.2) is 114 Å². The van der Waals surface area contributed by atoms with Gasteiger partial charge < -0.3 is 30.0 Å². The van der Waals surface area contributed by atoms with Gasteiger partial charge >= 0.3 is 12.1 Å². The lowest BCUT2D eigenvalue weighted by atomic mass is 10.1. The van der Waals surface area contributed by atoms with Crippen molar-refractivity contribution in [3.8, 4) is 0 Å². The Kier molecular flexibility index (Phi) is 17.3. The summed E-state index contributed by atoms with van der Waals surface area (Å²) in [7, 11) is 0. The quantitative estimate of drug-likeness (QED) is 0.0924. The van der Waals surface area contributed by atoms with Gasteiger partial charge in [0.1, 0.15) is 0 Å². The molecule has 0 aliphatic carbocycles. The average molecular weight is 767 g/mol. The van der Waals surface area contributed by atoms with E-state index < -0.39 is 48.0 Å². The summed E-state index contributed by atoms with van der Waals surface area (Å²) >= 11 is 0. The molecule has 0 unspecified atom stereocenters. The Balaban J connectivity index is 1.51. The summed E-state index contributed by atoms with van der Waals surface area (Å²) in [5.41, 5.74) is -1.60. The second-order valence-corrected chi connectivity index (χ2v) is 12.2. The number of fused-ring (bicyclic) bond motifs is 1. The zero-order valence-corrected chi connectivity index (χ0v) is 30.2. The topological polar surface area (TPSA) is 227 Å². The fraction of sp³-hybridized carbons (Fsp3) is 0.529. The first-order chi connectivity index (χ1) is 25.7. The Morgan fingerprint density at radius 1 is 0.944 bits per heavy atom. The number of aliphatic hydroxyl groups is 1. The van der Waals surface area contributed by atoms with Crippen molar-refractivity contribution in [2.75, 3.05) is 63.0 Å². The van der Waals surface area contributed by atoms with E-state index in [1.165, 1.54) is 12.1 Å². The number of carbonyl (C=O) groups excluding carboxylic acids is 4. The van der Waals surface area contributed by atoms with Crippen LogP contribution in [0, 0.1) is 5.92 Å². The first kappa shape index (κ1) is 43.4. The molecule has 0 aliphatic rings. The Labute approximate surface area is 308 Å². The summed E-state index contributed by atoms with van der Waals surface area (Å²) in [5, 5.41) is 16.5. The fourth-order valence-corrected chi connectivity index (χ4v) is 4.56. The van der Waals surface area contributed by atoms with Crippen LogP contribution >= 0.6 is 0 Å². The van der Waals surface area contributed by atoms with Crippen molar-refractivity contribution in [3.05, 3.63) is 52.1 Å². The highest BCUT2D eigenvalue weighted by molar-refractivity contribution is 5.99. The van der Waals surface area contributed by atoms with Gasteiger partial charge in [-0.15, -0.1) is 0 Å². The maximum absolute atomic E-state index is 13.6. The van der Waals surface area contributed by atoms with Crippen molar-refractivity contribution >= 4 is 46.4 Å². The molecule has 1 atom stereocenters. The molecule has 54 heavy (non-hydrogen) atoms. The lowest BCUT2D eigenvalue weighted by Crippen LogP contribution is -2.41. The lowest BCUT2D eigenvalue weighted by Gasteiger charge is -2.24. The Morgan fingerprint density at radius 3 is 2.22 bits per heavy atom. The van der Waals surface area contributed by atoms with E-state index >= 15 is 0 Å². The first-order valence-electron chi connectivity index (χ1n) is 17.2. The molecule has 2 aromatic heterocycles. The van der Waals surface area contributed by atoms with Gasteiger partial charge in [0, 0.05) is 42.8 Å². The third-order valence-corrected chi connectivity index (χ3v) is 7.43. The van der Waals surface area contributed by atoms with Crippen LogP contribution in [-0.2, 0) is 35.1 Å². The van der Waals surface area contributed by atoms with E-state index in [1.807, 2.05) is 0 Å². The van der Waals surface area contributed by atoms with Crippen molar-refractivity contribution < 1.29 is 51.7 Å². The molecule has 2 heterocycles. The molecule has 1 aromatic carbocycles. The molecule has 0 spiro atoms. The van der Waals surface area contributed by atoms with Crippen LogP contribution in [0.2, 0.25) is 0 Å². The van der Waals surface area contributed by atoms with Crippen LogP contribution in [0.15, 0.2) is 35.3 Å². The van der Waals surface area contributed by atoms with Gasteiger partial charge in [0.2, 0.25) is 17.8 Å². The average Bonchev–Trinajstić information content (AvgIpc) is 3.13. The normalized spacial score (nSPS) is 12.1. The number of aliphatic hydroxyl groups excluding tert-OH is 1. The fourth-order valence-electron chi connectivity index (χ4n) is 4.56. The summed E-state index contributed by atoms with van der Waals surface area (Å²) in [6.07, 6.45) is -3.17. The molecule has 3 aromatic rings. The largest absolute Gasteiger partial charge is 0.471 e. The molecule has 0 saturated heterocycles. The zero-order chi connectivity index (χ0) is 39.7. The number of amides is 4. The van der Waals surface area contributed by atoms with E-state index in [2.05, 4.69) is 35.9 Å². The smallest absolute Gasteiger partial charge is 0.394 e. The summed E-state index contributed by atoms with van der Waals surface area (Å²) in [4.78, 5) is 77.0. The molecule has 296 valence electrons. The highest BCUT2D eigenvalue weighted by Gasteiger charge is 2.43. The maximum atomic E-state index is 13.6. The molecule has 0 fully saturated rings. The number of halogens is 3. The van der Waals surface area contributed by atoms with Crippen molar-refractivity contribution in [2.45, 2.75) is 58.8 Å². The number of hydrogen-bond donors (Lipinski definition) is 5. The van der Waals surface area contributed by atoms with Crippen molar-refractivity contribution in [3.63, 3.8) is 0 Å². The molecule has 0 bridgehead atoms. The number of ether oxygens (including phenoxy) is 3. The molecular weight excluding hydrogens is 721 g/mol. The van der Waals surface area contributed by atoms with Crippen LogP contribution in [0.4, 0.5) is 24.8 Å². The monoisotopic (exact) mass is 766 g/mol. The number of nitrogens with one attached hydrogen (secondary N) is 4. The van der Waals surface area contributed by atoms with Crippen LogP contribution in [0.5, 0.6) is 0 Å². The molecule has 4 amide bonds. The van der Waals surface area contributed by atoms with Gasteiger partial charge in [-0.2, -0.15) is 18.2 Å². The number of benzene rings is 1. The second kappa shape index (κ2) is 21.6. The first-order valence-corrected chi connectivity index (χ1v) is 17.2. The molecule has 0 aliphatic heterocycles. The van der Waals surface area contributed by atoms with Gasteiger partial charge in [-0.05, 0) is 44.0 Å². The molecule has 3 rings (SSSR count). The predicted octanol–water partition coefficient (Wildman–Crippen LogP) is 1.85. The van der Waals surface area contributed by atoms with Gasteiger partial charge in [0.05, 0.1) is 58.1 Å². The minimum atomic E-state index is -5.27. The third kappa shape index (κ3) is 14.4. The standard InChI is InChI=1S/C34H45F3N8O9/c1-21(2)29(48)43-33-42-28-27(31(50)44-33)41-24(19-39-28)20-45(32(51)34(35,36)37)25-8-6-23(7-9-25)30(49)40-22(3)5-10-26(47)38-11-4-13-52-15-17-54-18-16-53-14-12-46/h6-9,19,21-22,46H,4-5,10-18,20H2,1-3H3,(H,38,47)(H,40,49)(H2,39,42,43,44,48,50)/t22-/m1/s1. The molecule has 17 nitrogen and oxygen atoms in total. The number of nitrogens with zero attached hydrogens (tertiary/aromatic N) is 4. The Hall–Kier alpha value is -5.05. The highest BCUT2D eigenvalue weighted by Crippen LogP contribution is 2.26. The minimum Gasteiger partial charge on any atom is -0.394 e. The molecular formula is C34H45F3N8O9. The Bertz CT molecular complexity index is 1760. The van der Waals surface area contributed by atoms with Crippen LogP contribution < -0.4 is 26.4 Å².